The molecular weight excluding hydrogens is 234 g/mol. The van der Waals surface area contributed by atoms with Gasteiger partial charge in [0.25, 0.3) is 5.91 Å². The van der Waals surface area contributed by atoms with E-state index in [0.717, 1.165) is 18.5 Å². The molecule has 1 fully saturated rings. The van der Waals surface area contributed by atoms with Crippen LogP contribution in [0.25, 0.3) is 0 Å². The molecule has 0 radical (unpaired) electrons. The topological polar surface area (TPSA) is 20.3 Å². The fraction of sp³-hybridized carbons (Fsp3) is 0.500. The Morgan fingerprint density at radius 3 is 2.65 bits per heavy atom. The van der Waals surface area contributed by atoms with Crippen LogP contribution >= 0.6 is 11.6 Å². The van der Waals surface area contributed by atoms with Crippen molar-refractivity contribution in [1.82, 2.24) is 4.90 Å². The van der Waals surface area contributed by atoms with Crippen LogP contribution in [-0.2, 0) is 0 Å². The lowest BCUT2D eigenvalue weighted by Crippen LogP contribution is -2.38. The van der Waals surface area contributed by atoms with E-state index in [-0.39, 0.29) is 11.9 Å². The van der Waals surface area contributed by atoms with E-state index in [1.165, 1.54) is 5.56 Å². The largest absolute Gasteiger partial charge is 0.334 e. The fourth-order valence-corrected chi connectivity index (χ4v) is 2.83. The SMILES string of the molecule is Cc1ccc(C(=O)N2CCC(C)C2CCl)cc1. The van der Waals surface area contributed by atoms with Crippen LogP contribution in [0.1, 0.15) is 29.3 Å². The lowest BCUT2D eigenvalue weighted by molar-refractivity contribution is 0.0737. The van der Waals surface area contributed by atoms with Gasteiger partial charge in [-0.25, -0.2) is 0 Å². The average molecular weight is 252 g/mol. The standard InChI is InChI=1S/C14H18ClNO/c1-10-3-5-12(6-4-10)14(17)16-8-7-11(2)13(16)9-15/h3-6,11,13H,7-9H2,1-2H3. The molecule has 0 spiro atoms. The van der Waals surface area contributed by atoms with E-state index in [4.69, 9.17) is 11.6 Å². The summed E-state index contributed by atoms with van der Waals surface area (Å²) in [6, 6.07) is 7.92. The number of benzene rings is 1. The number of halogens is 1. The molecule has 17 heavy (non-hydrogen) atoms. The highest BCUT2D eigenvalue weighted by Crippen LogP contribution is 2.26. The van der Waals surface area contributed by atoms with Crippen LogP contribution < -0.4 is 0 Å². The monoisotopic (exact) mass is 251 g/mol. The molecule has 3 heteroatoms. The Labute approximate surface area is 108 Å². The number of alkyl halides is 1. The molecule has 2 nitrogen and oxygen atoms in total. The van der Waals surface area contributed by atoms with Gasteiger partial charge in [-0.3, -0.25) is 4.79 Å². The van der Waals surface area contributed by atoms with Crippen LogP contribution in [0.15, 0.2) is 24.3 Å². The van der Waals surface area contributed by atoms with Gasteiger partial charge in [0.2, 0.25) is 0 Å². The van der Waals surface area contributed by atoms with E-state index in [0.29, 0.717) is 11.8 Å². The van der Waals surface area contributed by atoms with Crippen molar-refractivity contribution in [3.63, 3.8) is 0 Å². The van der Waals surface area contributed by atoms with E-state index in [1.807, 2.05) is 36.1 Å². The van der Waals surface area contributed by atoms with Crippen molar-refractivity contribution in [1.29, 1.82) is 0 Å². The molecule has 2 atom stereocenters. The Hall–Kier alpha value is -1.02. The van der Waals surface area contributed by atoms with Gasteiger partial charge in [-0.1, -0.05) is 24.6 Å². The van der Waals surface area contributed by atoms with E-state index >= 15 is 0 Å². The first-order valence-corrected chi connectivity index (χ1v) is 6.60. The number of hydrogen-bond donors (Lipinski definition) is 0. The molecular formula is C14H18ClNO. The summed E-state index contributed by atoms with van der Waals surface area (Å²) in [6.07, 6.45) is 1.05. The summed E-state index contributed by atoms with van der Waals surface area (Å²) >= 11 is 5.96. The molecule has 1 saturated heterocycles. The third-order valence-electron chi connectivity index (χ3n) is 3.60. The summed E-state index contributed by atoms with van der Waals surface area (Å²) in [7, 11) is 0. The minimum Gasteiger partial charge on any atom is -0.334 e. The molecule has 1 aromatic carbocycles. The van der Waals surface area contributed by atoms with Gasteiger partial charge in [0.05, 0.1) is 0 Å². The fourth-order valence-electron chi connectivity index (χ4n) is 2.36. The molecule has 2 unspecified atom stereocenters. The first kappa shape index (κ1) is 12.4. The number of hydrogen-bond acceptors (Lipinski definition) is 1. The predicted octanol–water partition coefficient (Wildman–Crippen LogP) is 3.08. The van der Waals surface area contributed by atoms with Crippen molar-refractivity contribution in [3.05, 3.63) is 35.4 Å². The molecule has 92 valence electrons. The molecule has 0 bridgehead atoms. The highest BCUT2D eigenvalue weighted by Gasteiger charge is 2.33. The highest BCUT2D eigenvalue weighted by molar-refractivity contribution is 6.18. The number of carbonyl (C=O) groups excluding carboxylic acids is 1. The Bertz CT molecular complexity index is 401. The Kier molecular flexibility index (Phi) is 3.72. The first-order valence-electron chi connectivity index (χ1n) is 6.07. The molecule has 1 heterocycles. The minimum absolute atomic E-state index is 0.111. The van der Waals surface area contributed by atoms with Gasteiger partial charge in [-0.05, 0) is 31.4 Å². The first-order chi connectivity index (χ1) is 8.13. The number of aryl methyl sites for hydroxylation is 1. The van der Waals surface area contributed by atoms with Crippen molar-refractivity contribution in [2.75, 3.05) is 12.4 Å². The average Bonchev–Trinajstić information content (AvgIpc) is 2.70. The maximum atomic E-state index is 12.3. The van der Waals surface area contributed by atoms with Crippen LogP contribution in [0, 0.1) is 12.8 Å². The second-order valence-corrected chi connectivity index (χ2v) is 5.16. The minimum atomic E-state index is 0.111. The van der Waals surface area contributed by atoms with Crippen LogP contribution in [0.5, 0.6) is 0 Å². The summed E-state index contributed by atoms with van der Waals surface area (Å²) in [4.78, 5) is 14.3. The van der Waals surface area contributed by atoms with Gasteiger partial charge in [-0.2, -0.15) is 0 Å². The smallest absolute Gasteiger partial charge is 0.254 e. The molecule has 1 aliphatic heterocycles. The second-order valence-electron chi connectivity index (χ2n) is 4.85. The van der Waals surface area contributed by atoms with Crippen molar-refractivity contribution in [3.8, 4) is 0 Å². The van der Waals surface area contributed by atoms with Gasteiger partial charge in [0.15, 0.2) is 0 Å². The molecule has 0 aromatic heterocycles. The molecule has 0 saturated carbocycles. The lowest BCUT2D eigenvalue weighted by Gasteiger charge is -2.25. The zero-order chi connectivity index (χ0) is 12.4. The summed E-state index contributed by atoms with van der Waals surface area (Å²) in [6.45, 7) is 5.01. The Morgan fingerprint density at radius 2 is 2.06 bits per heavy atom. The van der Waals surface area contributed by atoms with E-state index in [2.05, 4.69) is 6.92 Å². The number of likely N-dealkylation sites (tertiary alicyclic amines) is 1. The zero-order valence-electron chi connectivity index (χ0n) is 10.3. The quantitative estimate of drug-likeness (QED) is 0.740. The number of nitrogens with zero attached hydrogens (tertiary/aromatic N) is 1. The second kappa shape index (κ2) is 5.09. The summed E-state index contributed by atoms with van der Waals surface area (Å²) in [5, 5.41) is 0. The molecule has 2 rings (SSSR count). The van der Waals surface area contributed by atoms with Gasteiger partial charge in [0.1, 0.15) is 0 Å². The van der Waals surface area contributed by atoms with Gasteiger partial charge >= 0.3 is 0 Å². The maximum absolute atomic E-state index is 12.3. The van der Waals surface area contributed by atoms with Gasteiger partial charge < -0.3 is 4.90 Å². The Morgan fingerprint density at radius 1 is 1.41 bits per heavy atom. The van der Waals surface area contributed by atoms with E-state index < -0.39 is 0 Å². The molecule has 0 N–H and O–H groups in total. The van der Waals surface area contributed by atoms with E-state index in [1.54, 1.807) is 0 Å². The van der Waals surface area contributed by atoms with Crippen molar-refractivity contribution in [2.45, 2.75) is 26.3 Å². The van der Waals surface area contributed by atoms with E-state index in [9.17, 15) is 4.79 Å². The lowest BCUT2D eigenvalue weighted by atomic mass is 10.0. The van der Waals surface area contributed by atoms with Gasteiger partial charge in [-0.15, -0.1) is 11.6 Å². The molecule has 1 aliphatic rings. The summed E-state index contributed by atoms with van der Waals surface area (Å²) < 4.78 is 0. The van der Waals surface area contributed by atoms with Gasteiger partial charge in [0, 0.05) is 24.0 Å². The molecule has 1 aromatic rings. The number of carbonyl (C=O) groups is 1. The van der Waals surface area contributed by atoms with Crippen molar-refractivity contribution in [2.24, 2.45) is 5.92 Å². The van der Waals surface area contributed by atoms with Crippen molar-refractivity contribution < 1.29 is 4.79 Å². The number of rotatable bonds is 2. The third kappa shape index (κ3) is 2.47. The zero-order valence-corrected chi connectivity index (χ0v) is 11.1. The summed E-state index contributed by atoms with van der Waals surface area (Å²) in [5.41, 5.74) is 1.94. The number of amides is 1. The third-order valence-corrected chi connectivity index (χ3v) is 3.92. The van der Waals surface area contributed by atoms with Crippen LogP contribution in [0.2, 0.25) is 0 Å². The molecule has 1 amide bonds. The van der Waals surface area contributed by atoms with Crippen LogP contribution in [-0.4, -0.2) is 29.3 Å². The van der Waals surface area contributed by atoms with Crippen molar-refractivity contribution >= 4 is 17.5 Å². The normalized spacial score (nSPS) is 24.1. The Balaban J connectivity index is 2.17. The predicted molar refractivity (Wildman–Crippen MR) is 70.5 cm³/mol. The summed E-state index contributed by atoms with van der Waals surface area (Å²) in [5.74, 6) is 1.14. The highest BCUT2D eigenvalue weighted by atomic mass is 35.5. The van der Waals surface area contributed by atoms with Crippen LogP contribution in [0.3, 0.4) is 0 Å². The maximum Gasteiger partial charge on any atom is 0.254 e. The molecule has 0 aliphatic carbocycles. The van der Waals surface area contributed by atoms with Crippen LogP contribution in [0.4, 0.5) is 0 Å².